The Hall–Kier alpha value is -3.56. The number of nitrogens with one attached hydrogen (secondary N) is 1. The van der Waals surface area contributed by atoms with Crippen LogP contribution in [0.2, 0.25) is 15.1 Å². The largest absolute Gasteiger partial charge is 0.352 e. The number of sulfonamides is 1. The average Bonchev–Trinajstić information content (AvgIpc) is 3.57. The lowest BCUT2D eigenvalue weighted by Crippen LogP contribution is -2.54. The molecule has 1 aliphatic rings. The third-order valence-electron chi connectivity index (χ3n) is 8.34. The van der Waals surface area contributed by atoms with E-state index < -0.39 is 28.5 Å². The maximum absolute atomic E-state index is 14.7. The first-order valence-electron chi connectivity index (χ1n) is 15.4. The standard InChI is InChI=1S/C36H36Cl3N3O4S/c1-25-15-18-30(19-16-25)47(45,46)42(33-22-28(37)17-20-32(33)39)24-35(43)41(23-27-11-5-8-14-31(27)38)34(21-26-9-3-2-4-10-26)36(44)40-29-12-6-7-13-29/h2-5,8-11,14-20,22,29,34H,6-7,12-13,21,23-24H2,1H3,(H,40,44)/t34-/m0/s1. The van der Waals surface area contributed by atoms with Crippen LogP contribution < -0.4 is 9.62 Å². The Bertz CT molecular complexity index is 1820. The van der Waals surface area contributed by atoms with Gasteiger partial charge in [0, 0.05) is 29.1 Å². The molecule has 47 heavy (non-hydrogen) atoms. The Labute approximate surface area is 291 Å². The van der Waals surface area contributed by atoms with Crippen molar-refractivity contribution in [1.29, 1.82) is 0 Å². The molecule has 246 valence electrons. The Morgan fingerprint density at radius 1 is 0.851 bits per heavy atom. The van der Waals surface area contributed by atoms with Gasteiger partial charge in [-0.15, -0.1) is 0 Å². The molecular formula is C36H36Cl3N3O4S. The molecule has 4 aromatic rings. The van der Waals surface area contributed by atoms with Crippen molar-refractivity contribution < 1.29 is 18.0 Å². The second kappa shape index (κ2) is 15.6. The van der Waals surface area contributed by atoms with Crippen LogP contribution in [0, 0.1) is 6.92 Å². The van der Waals surface area contributed by atoms with E-state index in [2.05, 4.69) is 5.32 Å². The fourth-order valence-corrected chi connectivity index (χ4v) is 7.82. The van der Waals surface area contributed by atoms with Crippen LogP contribution in [-0.4, -0.2) is 43.8 Å². The molecule has 0 spiro atoms. The minimum absolute atomic E-state index is 0.00159. The Kier molecular flexibility index (Phi) is 11.5. The molecule has 0 radical (unpaired) electrons. The van der Waals surface area contributed by atoms with E-state index in [0.29, 0.717) is 10.6 Å². The molecule has 0 aliphatic heterocycles. The van der Waals surface area contributed by atoms with E-state index in [1.165, 1.54) is 29.2 Å². The van der Waals surface area contributed by atoms with Gasteiger partial charge in [0.2, 0.25) is 11.8 Å². The molecule has 1 aliphatic carbocycles. The van der Waals surface area contributed by atoms with Crippen LogP contribution in [0.5, 0.6) is 0 Å². The number of hydrogen-bond donors (Lipinski definition) is 1. The van der Waals surface area contributed by atoms with E-state index in [-0.39, 0.29) is 45.5 Å². The number of rotatable bonds is 12. The van der Waals surface area contributed by atoms with Crippen LogP contribution in [0.15, 0.2) is 102 Å². The number of nitrogens with zero attached hydrogens (tertiary/aromatic N) is 2. The van der Waals surface area contributed by atoms with Crippen molar-refractivity contribution in [2.45, 2.75) is 62.6 Å². The number of amides is 2. The minimum atomic E-state index is -4.33. The lowest BCUT2D eigenvalue weighted by atomic mass is 10.0. The molecule has 1 N–H and O–H groups in total. The number of hydrogen-bond acceptors (Lipinski definition) is 4. The summed E-state index contributed by atoms with van der Waals surface area (Å²) in [4.78, 5) is 30.2. The van der Waals surface area contributed by atoms with Crippen LogP contribution in [0.25, 0.3) is 0 Å². The Morgan fingerprint density at radius 3 is 2.19 bits per heavy atom. The van der Waals surface area contributed by atoms with Gasteiger partial charge in [-0.2, -0.15) is 0 Å². The van der Waals surface area contributed by atoms with Crippen LogP contribution in [0.1, 0.15) is 42.4 Å². The van der Waals surface area contributed by atoms with Crippen LogP contribution in [0.3, 0.4) is 0 Å². The van der Waals surface area contributed by atoms with Gasteiger partial charge in [0.15, 0.2) is 0 Å². The number of anilines is 1. The molecule has 2 amide bonds. The Morgan fingerprint density at radius 2 is 1.51 bits per heavy atom. The second-order valence-corrected chi connectivity index (χ2v) is 14.8. The SMILES string of the molecule is Cc1ccc(S(=O)(=O)N(CC(=O)N(Cc2ccccc2Cl)[C@@H](Cc2ccccc2)C(=O)NC2CCCC2)c2cc(Cl)ccc2Cl)cc1. The zero-order valence-electron chi connectivity index (χ0n) is 25.9. The van der Waals surface area contributed by atoms with Gasteiger partial charge in [-0.05, 0) is 67.3 Å². The van der Waals surface area contributed by atoms with Gasteiger partial charge >= 0.3 is 0 Å². The molecule has 0 unspecified atom stereocenters. The van der Waals surface area contributed by atoms with Crippen molar-refractivity contribution >= 4 is 62.3 Å². The van der Waals surface area contributed by atoms with Crippen molar-refractivity contribution in [2.75, 3.05) is 10.8 Å². The highest BCUT2D eigenvalue weighted by atomic mass is 35.5. The molecule has 0 saturated heterocycles. The van der Waals surface area contributed by atoms with Crippen LogP contribution in [0.4, 0.5) is 5.69 Å². The highest BCUT2D eigenvalue weighted by Gasteiger charge is 2.36. The first-order chi connectivity index (χ1) is 22.5. The van der Waals surface area contributed by atoms with E-state index in [0.717, 1.165) is 41.1 Å². The van der Waals surface area contributed by atoms with Gasteiger partial charge in [0.05, 0.1) is 15.6 Å². The fourth-order valence-electron chi connectivity index (χ4n) is 5.76. The smallest absolute Gasteiger partial charge is 0.264 e. The molecule has 5 rings (SSSR count). The fraction of sp³-hybridized carbons (Fsp3) is 0.278. The third-order valence-corrected chi connectivity index (χ3v) is 11.0. The van der Waals surface area contributed by atoms with Gasteiger partial charge < -0.3 is 10.2 Å². The van der Waals surface area contributed by atoms with E-state index in [1.54, 1.807) is 42.5 Å². The molecule has 0 heterocycles. The number of carbonyl (C=O) groups is 2. The third kappa shape index (κ3) is 8.68. The average molecular weight is 713 g/mol. The lowest BCUT2D eigenvalue weighted by molar-refractivity contribution is -0.140. The quantitative estimate of drug-likeness (QED) is 0.162. The van der Waals surface area contributed by atoms with Gasteiger partial charge in [0.25, 0.3) is 10.0 Å². The minimum Gasteiger partial charge on any atom is -0.352 e. The topological polar surface area (TPSA) is 86.8 Å². The van der Waals surface area contributed by atoms with Crippen molar-refractivity contribution in [1.82, 2.24) is 10.2 Å². The summed E-state index contributed by atoms with van der Waals surface area (Å²) in [5.74, 6) is -0.922. The summed E-state index contributed by atoms with van der Waals surface area (Å²) < 4.78 is 29.5. The summed E-state index contributed by atoms with van der Waals surface area (Å²) in [6.45, 7) is 1.17. The summed E-state index contributed by atoms with van der Waals surface area (Å²) in [6.07, 6.45) is 3.96. The maximum atomic E-state index is 14.7. The molecular weight excluding hydrogens is 677 g/mol. The van der Waals surface area contributed by atoms with E-state index in [1.807, 2.05) is 37.3 Å². The number of benzene rings is 4. The number of halogens is 3. The van der Waals surface area contributed by atoms with Crippen molar-refractivity contribution in [3.05, 3.63) is 129 Å². The summed E-state index contributed by atoms with van der Waals surface area (Å²) in [5.41, 5.74) is 2.37. The first kappa shape index (κ1) is 34.8. The van der Waals surface area contributed by atoms with Crippen molar-refractivity contribution in [2.24, 2.45) is 0 Å². The zero-order valence-corrected chi connectivity index (χ0v) is 29.0. The van der Waals surface area contributed by atoms with E-state index >= 15 is 0 Å². The second-order valence-electron chi connectivity index (χ2n) is 11.7. The molecule has 1 fully saturated rings. The number of aryl methyl sites for hydroxylation is 1. The highest BCUT2D eigenvalue weighted by Crippen LogP contribution is 2.34. The lowest BCUT2D eigenvalue weighted by Gasteiger charge is -2.34. The summed E-state index contributed by atoms with van der Waals surface area (Å²) in [5, 5.41) is 3.92. The number of carbonyl (C=O) groups excluding carboxylic acids is 2. The molecule has 1 atom stereocenters. The van der Waals surface area contributed by atoms with Gasteiger partial charge in [0.1, 0.15) is 12.6 Å². The van der Waals surface area contributed by atoms with Crippen LogP contribution >= 0.6 is 34.8 Å². The highest BCUT2D eigenvalue weighted by molar-refractivity contribution is 7.92. The van der Waals surface area contributed by atoms with E-state index in [4.69, 9.17) is 34.8 Å². The van der Waals surface area contributed by atoms with Gasteiger partial charge in [-0.25, -0.2) is 8.42 Å². The summed E-state index contributed by atoms with van der Waals surface area (Å²) in [6, 6.07) is 26.3. The molecule has 7 nitrogen and oxygen atoms in total. The summed E-state index contributed by atoms with van der Waals surface area (Å²) >= 11 is 19.5. The van der Waals surface area contributed by atoms with E-state index in [9.17, 15) is 18.0 Å². The van der Waals surface area contributed by atoms with Gasteiger partial charge in [-0.3, -0.25) is 13.9 Å². The van der Waals surface area contributed by atoms with Gasteiger partial charge in [-0.1, -0.05) is 114 Å². The molecule has 11 heteroatoms. The predicted octanol–water partition coefficient (Wildman–Crippen LogP) is 7.85. The predicted molar refractivity (Wildman–Crippen MR) is 189 cm³/mol. The van der Waals surface area contributed by atoms with Crippen molar-refractivity contribution in [3.8, 4) is 0 Å². The molecule has 0 aromatic heterocycles. The first-order valence-corrected chi connectivity index (χ1v) is 18.0. The maximum Gasteiger partial charge on any atom is 0.264 e. The van der Waals surface area contributed by atoms with Crippen LogP contribution in [-0.2, 0) is 32.6 Å². The molecule has 1 saturated carbocycles. The van der Waals surface area contributed by atoms with Crippen molar-refractivity contribution in [3.63, 3.8) is 0 Å². The Balaban J connectivity index is 1.60. The summed E-state index contributed by atoms with van der Waals surface area (Å²) in [7, 11) is -4.33. The molecule has 4 aromatic carbocycles. The molecule has 0 bridgehead atoms. The zero-order chi connectivity index (χ0) is 33.6. The monoisotopic (exact) mass is 711 g/mol. The normalized spacial score (nSPS) is 14.0.